The van der Waals surface area contributed by atoms with Crippen LogP contribution in [0.4, 0.5) is 0 Å². The predicted molar refractivity (Wildman–Crippen MR) is 118 cm³/mol. The van der Waals surface area contributed by atoms with Gasteiger partial charge >= 0.3 is 0 Å². The Labute approximate surface area is 178 Å². The summed E-state index contributed by atoms with van der Waals surface area (Å²) in [5.74, 6) is 0.988. The first-order chi connectivity index (χ1) is 14.7. The minimum absolute atomic E-state index is 0.0952. The molecule has 0 radical (unpaired) electrons. The van der Waals surface area contributed by atoms with Crippen molar-refractivity contribution in [2.24, 2.45) is 0 Å². The molecule has 3 aromatic rings. The molecule has 0 fully saturated rings. The zero-order valence-corrected chi connectivity index (χ0v) is 17.7. The van der Waals surface area contributed by atoms with Crippen LogP contribution in [-0.2, 0) is 17.9 Å². The fourth-order valence-electron chi connectivity index (χ4n) is 4.13. The average Bonchev–Trinajstić information content (AvgIpc) is 3.24. The fraction of sp³-hybridized carbons (Fsp3) is 0.320. The van der Waals surface area contributed by atoms with E-state index in [1.165, 1.54) is 11.3 Å². The first-order valence-corrected chi connectivity index (χ1v) is 10.6. The van der Waals surface area contributed by atoms with Crippen molar-refractivity contribution in [2.45, 2.75) is 26.1 Å². The van der Waals surface area contributed by atoms with Gasteiger partial charge < -0.3 is 14.2 Å². The smallest absolute Gasteiger partial charge is 0.236 e. The van der Waals surface area contributed by atoms with E-state index < -0.39 is 0 Å². The maximum absolute atomic E-state index is 13.1. The molecule has 5 nitrogen and oxygen atoms in total. The Morgan fingerprint density at radius 1 is 1.03 bits per heavy atom. The summed E-state index contributed by atoms with van der Waals surface area (Å²) in [6, 6.07) is 22.8. The van der Waals surface area contributed by atoms with E-state index in [2.05, 4.69) is 52.1 Å². The van der Waals surface area contributed by atoms with Crippen LogP contribution in [0.1, 0.15) is 29.8 Å². The molecule has 0 bridgehead atoms. The van der Waals surface area contributed by atoms with E-state index in [1.54, 1.807) is 0 Å². The summed E-state index contributed by atoms with van der Waals surface area (Å²) in [6.07, 6.45) is 2.13. The molecule has 2 aromatic carbocycles. The molecule has 156 valence electrons. The van der Waals surface area contributed by atoms with Gasteiger partial charge in [0.2, 0.25) is 5.91 Å². The van der Waals surface area contributed by atoms with Crippen LogP contribution in [0.3, 0.4) is 0 Å². The molecule has 5 heteroatoms. The molecule has 4 rings (SSSR count). The van der Waals surface area contributed by atoms with Crippen molar-refractivity contribution in [3.05, 3.63) is 89.7 Å². The lowest BCUT2D eigenvalue weighted by molar-refractivity contribution is -0.132. The van der Waals surface area contributed by atoms with Gasteiger partial charge in [-0.1, -0.05) is 42.5 Å². The fourth-order valence-corrected chi connectivity index (χ4v) is 4.13. The second-order valence-electron chi connectivity index (χ2n) is 7.74. The van der Waals surface area contributed by atoms with Crippen molar-refractivity contribution in [3.63, 3.8) is 0 Å². The summed E-state index contributed by atoms with van der Waals surface area (Å²) >= 11 is 0. The summed E-state index contributed by atoms with van der Waals surface area (Å²) in [7, 11) is 1.88. The number of likely N-dealkylation sites (N-methyl/N-ethyl adjacent to an activating group) is 1. The Bertz CT molecular complexity index is 966. The molecule has 2 heterocycles. The van der Waals surface area contributed by atoms with Crippen molar-refractivity contribution in [1.29, 1.82) is 0 Å². The molecular formula is C25H29N3O2. The highest BCUT2D eigenvalue weighted by molar-refractivity contribution is 5.78. The number of fused-ring (bicyclic) bond motifs is 1. The van der Waals surface area contributed by atoms with Crippen molar-refractivity contribution in [2.75, 3.05) is 26.7 Å². The number of rotatable bonds is 7. The van der Waals surface area contributed by atoms with E-state index >= 15 is 0 Å². The van der Waals surface area contributed by atoms with E-state index in [9.17, 15) is 4.79 Å². The van der Waals surface area contributed by atoms with Crippen LogP contribution in [0.15, 0.2) is 72.9 Å². The Morgan fingerprint density at radius 2 is 1.80 bits per heavy atom. The van der Waals surface area contributed by atoms with Crippen LogP contribution in [0.5, 0.6) is 5.75 Å². The van der Waals surface area contributed by atoms with Crippen LogP contribution in [0, 0.1) is 0 Å². The summed E-state index contributed by atoms with van der Waals surface area (Å²) < 4.78 is 7.79. The number of hydrogen-bond donors (Lipinski definition) is 0. The topological polar surface area (TPSA) is 37.7 Å². The molecule has 0 N–H and O–H groups in total. The van der Waals surface area contributed by atoms with Gasteiger partial charge in [0, 0.05) is 38.6 Å². The number of carbonyl (C=O) groups excluding carboxylic acids is 1. The van der Waals surface area contributed by atoms with Gasteiger partial charge in [-0.25, -0.2) is 0 Å². The van der Waals surface area contributed by atoms with Gasteiger partial charge in [0.1, 0.15) is 5.75 Å². The molecule has 1 atom stereocenters. The number of amides is 1. The Hall–Kier alpha value is -3.05. The molecule has 0 saturated heterocycles. The molecule has 1 amide bonds. The lowest BCUT2D eigenvalue weighted by Gasteiger charge is -2.37. The highest BCUT2D eigenvalue weighted by Crippen LogP contribution is 2.32. The van der Waals surface area contributed by atoms with Crippen LogP contribution < -0.4 is 4.74 Å². The lowest BCUT2D eigenvalue weighted by atomic mass is 10.00. The van der Waals surface area contributed by atoms with E-state index in [-0.39, 0.29) is 11.9 Å². The van der Waals surface area contributed by atoms with E-state index in [0.717, 1.165) is 24.4 Å². The number of ether oxygens (including phenoxy) is 1. The quantitative estimate of drug-likeness (QED) is 0.600. The number of nitrogens with zero attached hydrogens (tertiary/aromatic N) is 3. The number of carbonyl (C=O) groups is 1. The van der Waals surface area contributed by atoms with Gasteiger partial charge in [0.05, 0.1) is 19.2 Å². The van der Waals surface area contributed by atoms with Gasteiger partial charge in [-0.05, 0) is 42.3 Å². The van der Waals surface area contributed by atoms with Crippen molar-refractivity contribution >= 4 is 5.91 Å². The van der Waals surface area contributed by atoms with E-state index in [0.29, 0.717) is 19.7 Å². The Morgan fingerprint density at radius 3 is 2.53 bits per heavy atom. The van der Waals surface area contributed by atoms with Crippen LogP contribution in [0.2, 0.25) is 0 Å². The number of aromatic nitrogens is 1. The highest BCUT2D eigenvalue weighted by atomic mass is 16.5. The van der Waals surface area contributed by atoms with Crippen molar-refractivity contribution in [3.8, 4) is 5.75 Å². The molecule has 0 saturated carbocycles. The van der Waals surface area contributed by atoms with Gasteiger partial charge in [0.25, 0.3) is 0 Å². The molecule has 30 heavy (non-hydrogen) atoms. The van der Waals surface area contributed by atoms with Gasteiger partial charge in [-0.15, -0.1) is 0 Å². The van der Waals surface area contributed by atoms with Gasteiger partial charge in [-0.3, -0.25) is 9.69 Å². The molecule has 1 aliphatic rings. The summed E-state index contributed by atoms with van der Waals surface area (Å²) in [4.78, 5) is 17.2. The van der Waals surface area contributed by atoms with Gasteiger partial charge in [0.15, 0.2) is 0 Å². The molecule has 0 aliphatic carbocycles. The first kappa shape index (κ1) is 20.2. The third-order valence-corrected chi connectivity index (χ3v) is 5.67. The maximum Gasteiger partial charge on any atom is 0.236 e. The standard InChI is InChI=1S/C25H29N3O2/c1-3-30-22-13-11-20(12-14-22)18-26(2)24(29)19-28-17-16-27-15-7-10-23(27)25(28)21-8-5-4-6-9-21/h4-15,25H,3,16-19H2,1-2H3. The molecule has 1 aromatic heterocycles. The average molecular weight is 404 g/mol. The number of benzene rings is 2. The first-order valence-electron chi connectivity index (χ1n) is 10.6. The van der Waals surface area contributed by atoms with Crippen LogP contribution in [-0.4, -0.2) is 47.0 Å². The van der Waals surface area contributed by atoms with E-state index in [4.69, 9.17) is 4.74 Å². The molecule has 1 unspecified atom stereocenters. The third-order valence-electron chi connectivity index (χ3n) is 5.67. The van der Waals surface area contributed by atoms with Gasteiger partial charge in [-0.2, -0.15) is 0 Å². The summed E-state index contributed by atoms with van der Waals surface area (Å²) in [5.41, 5.74) is 3.56. The Kier molecular flexibility index (Phi) is 6.19. The normalized spacial score (nSPS) is 16.1. The van der Waals surface area contributed by atoms with Crippen molar-refractivity contribution in [1.82, 2.24) is 14.4 Å². The van der Waals surface area contributed by atoms with Crippen LogP contribution >= 0.6 is 0 Å². The van der Waals surface area contributed by atoms with Crippen LogP contribution in [0.25, 0.3) is 0 Å². The second-order valence-corrected chi connectivity index (χ2v) is 7.74. The van der Waals surface area contributed by atoms with Crippen molar-refractivity contribution < 1.29 is 9.53 Å². The summed E-state index contributed by atoms with van der Waals surface area (Å²) in [6.45, 7) is 5.37. The van der Waals surface area contributed by atoms with E-state index in [1.807, 2.05) is 49.2 Å². The minimum atomic E-state index is 0.0952. The Balaban J connectivity index is 1.46. The zero-order valence-electron chi connectivity index (χ0n) is 17.7. The monoisotopic (exact) mass is 403 g/mol. The maximum atomic E-state index is 13.1. The minimum Gasteiger partial charge on any atom is -0.494 e. The molecule has 0 spiro atoms. The molecular weight excluding hydrogens is 374 g/mol. The largest absolute Gasteiger partial charge is 0.494 e. The highest BCUT2D eigenvalue weighted by Gasteiger charge is 2.30. The zero-order chi connectivity index (χ0) is 20.9. The summed E-state index contributed by atoms with van der Waals surface area (Å²) in [5, 5.41) is 0. The third kappa shape index (κ3) is 4.41. The SMILES string of the molecule is CCOc1ccc(CN(C)C(=O)CN2CCn3cccc3C2c2ccccc2)cc1. The molecule has 1 aliphatic heterocycles. The number of hydrogen-bond acceptors (Lipinski definition) is 3. The second kappa shape index (κ2) is 9.18. The predicted octanol–water partition coefficient (Wildman–Crippen LogP) is 3.95. The lowest BCUT2D eigenvalue weighted by Crippen LogP contribution is -2.44.